The first-order chi connectivity index (χ1) is 5.91. The van der Waals surface area contributed by atoms with E-state index in [-0.39, 0.29) is 23.0 Å². The lowest BCUT2D eigenvalue weighted by Crippen LogP contribution is -2.40. The Morgan fingerprint density at radius 2 is 2.08 bits per heavy atom. The summed E-state index contributed by atoms with van der Waals surface area (Å²) in [7, 11) is 0. The van der Waals surface area contributed by atoms with Crippen molar-refractivity contribution in [1.29, 1.82) is 0 Å². The van der Waals surface area contributed by atoms with E-state index in [1.165, 1.54) is 0 Å². The van der Waals surface area contributed by atoms with Crippen LogP contribution in [0, 0.1) is 11.3 Å². The van der Waals surface area contributed by atoms with Crippen LogP contribution in [-0.2, 0) is 9.59 Å². The lowest BCUT2D eigenvalue weighted by molar-refractivity contribution is -0.136. The van der Waals surface area contributed by atoms with Gasteiger partial charge in [-0.05, 0) is 6.42 Å². The van der Waals surface area contributed by atoms with E-state index in [2.05, 4.69) is 5.32 Å². The molecule has 0 aliphatic carbocycles. The standard InChI is InChI=1S/C10H17NO2/c1-10(2,3)9(13)7-4-5-11-8(12)6-7/h7H,4-6H2,1-3H3,(H,11,12). The highest BCUT2D eigenvalue weighted by Crippen LogP contribution is 2.25. The second-order valence-corrected chi connectivity index (χ2v) is 4.65. The van der Waals surface area contributed by atoms with Crippen LogP contribution in [0.4, 0.5) is 0 Å². The van der Waals surface area contributed by atoms with E-state index in [4.69, 9.17) is 0 Å². The molecule has 13 heavy (non-hydrogen) atoms. The predicted molar refractivity (Wildman–Crippen MR) is 50.2 cm³/mol. The van der Waals surface area contributed by atoms with Gasteiger partial charge in [0.15, 0.2) is 0 Å². The average Bonchev–Trinajstić information content (AvgIpc) is 2.01. The van der Waals surface area contributed by atoms with Crippen LogP contribution in [0.2, 0.25) is 0 Å². The third-order valence-corrected chi connectivity index (χ3v) is 2.36. The van der Waals surface area contributed by atoms with E-state index in [0.29, 0.717) is 13.0 Å². The number of hydrogen-bond acceptors (Lipinski definition) is 2. The molecular weight excluding hydrogens is 166 g/mol. The van der Waals surface area contributed by atoms with E-state index in [1.54, 1.807) is 0 Å². The lowest BCUT2D eigenvalue weighted by atomic mass is 9.79. The zero-order valence-electron chi connectivity index (χ0n) is 8.52. The van der Waals surface area contributed by atoms with Crippen LogP contribution >= 0.6 is 0 Å². The summed E-state index contributed by atoms with van der Waals surface area (Å²) in [5.74, 6) is 0.157. The molecule has 1 amide bonds. The number of rotatable bonds is 1. The van der Waals surface area contributed by atoms with Gasteiger partial charge in [-0.25, -0.2) is 0 Å². The largest absolute Gasteiger partial charge is 0.356 e. The topological polar surface area (TPSA) is 46.2 Å². The van der Waals surface area contributed by atoms with Crippen molar-refractivity contribution in [3.63, 3.8) is 0 Å². The number of ketones is 1. The predicted octanol–water partition coefficient (Wildman–Crippen LogP) is 1.13. The van der Waals surface area contributed by atoms with Crippen molar-refractivity contribution in [2.75, 3.05) is 6.54 Å². The average molecular weight is 183 g/mol. The Labute approximate surface area is 78.9 Å². The molecule has 0 bridgehead atoms. The van der Waals surface area contributed by atoms with Gasteiger partial charge in [-0.1, -0.05) is 20.8 Å². The molecule has 1 aliphatic heterocycles. The molecule has 0 aromatic rings. The first-order valence-corrected chi connectivity index (χ1v) is 4.72. The SMILES string of the molecule is CC(C)(C)C(=O)C1CCNC(=O)C1. The molecule has 0 spiro atoms. The van der Waals surface area contributed by atoms with Crippen LogP contribution in [0.25, 0.3) is 0 Å². The number of hydrogen-bond donors (Lipinski definition) is 1. The summed E-state index contributed by atoms with van der Waals surface area (Å²) in [6.07, 6.45) is 1.16. The van der Waals surface area contributed by atoms with Crippen molar-refractivity contribution in [1.82, 2.24) is 5.32 Å². The maximum atomic E-state index is 11.8. The summed E-state index contributed by atoms with van der Waals surface area (Å²) >= 11 is 0. The second-order valence-electron chi connectivity index (χ2n) is 4.65. The number of piperidine rings is 1. The number of Topliss-reactive ketones (excluding diaryl/α,β-unsaturated/α-hetero) is 1. The molecular formula is C10H17NO2. The van der Waals surface area contributed by atoms with E-state index < -0.39 is 0 Å². The van der Waals surface area contributed by atoms with Gasteiger partial charge >= 0.3 is 0 Å². The van der Waals surface area contributed by atoms with Crippen LogP contribution in [0.3, 0.4) is 0 Å². The van der Waals surface area contributed by atoms with Crippen molar-refractivity contribution in [3.8, 4) is 0 Å². The normalized spacial score (nSPS) is 23.9. The fraction of sp³-hybridized carbons (Fsp3) is 0.800. The van der Waals surface area contributed by atoms with E-state index >= 15 is 0 Å². The smallest absolute Gasteiger partial charge is 0.220 e. The van der Waals surface area contributed by atoms with Crippen molar-refractivity contribution >= 4 is 11.7 Å². The number of carbonyl (C=O) groups excluding carboxylic acids is 2. The molecule has 0 radical (unpaired) electrons. The summed E-state index contributed by atoms with van der Waals surface area (Å²) < 4.78 is 0. The highest BCUT2D eigenvalue weighted by Gasteiger charge is 2.32. The highest BCUT2D eigenvalue weighted by atomic mass is 16.2. The summed E-state index contributed by atoms with van der Waals surface area (Å²) in [6, 6.07) is 0. The van der Waals surface area contributed by atoms with Gasteiger partial charge in [-0.3, -0.25) is 9.59 Å². The molecule has 0 saturated carbocycles. The van der Waals surface area contributed by atoms with Crippen molar-refractivity contribution in [2.24, 2.45) is 11.3 Å². The van der Waals surface area contributed by atoms with Gasteiger partial charge in [0.25, 0.3) is 0 Å². The maximum Gasteiger partial charge on any atom is 0.220 e. The van der Waals surface area contributed by atoms with Gasteiger partial charge in [0.1, 0.15) is 5.78 Å². The van der Waals surface area contributed by atoms with Gasteiger partial charge in [-0.15, -0.1) is 0 Å². The molecule has 74 valence electrons. The van der Waals surface area contributed by atoms with Crippen molar-refractivity contribution in [3.05, 3.63) is 0 Å². The molecule has 1 rings (SSSR count). The van der Waals surface area contributed by atoms with Gasteiger partial charge in [0.05, 0.1) is 0 Å². The molecule has 0 aromatic heterocycles. The summed E-state index contributed by atoms with van der Waals surface area (Å²) in [5.41, 5.74) is -0.317. The van der Waals surface area contributed by atoms with Gasteiger partial charge in [0.2, 0.25) is 5.91 Å². The Morgan fingerprint density at radius 3 is 2.54 bits per heavy atom. The molecule has 1 atom stereocenters. The van der Waals surface area contributed by atoms with Gasteiger partial charge in [0, 0.05) is 24.3 Å². The molecule has 3 heteroatoms. The molecule has 1 N–H and O–H groups in total. The molecule has 1 fully saturated rings. The van der Waals surface area contributed by atoms with Crippen LogP contribution in [-0.4, -0.2) is 18.2 Å². The van der Waals surface area contributed by atoms with Crippen LogP contribution in [0.5, 0.6) is 0 Å². The zero-order valence-corrected chi connectivity index (χ0v) is 8.52. The summed E-state index contributed by atoms with van der Waals surface area (Å²) in [5, 5.41) is 2.73. The minimum Gasteiger partial charge on any atom is -0.356 e. The highest BCUT2D eigenvalue weighted by molar-refractivity contribution is 5.91. The minimum absolute atomic E-state index is 0.00819. The second kappa shape index (κ2) is 3.48. The first kappa shape index (κ1) is 10.2. The minimum atomic E-state index is -0.317. The van der Waals surface area contributed by atoms with E-state index in [0.717, 1.165) is 6.42 Å². The van der Waals surface area contributed by atoms with Crippen molar-refractivity contribution in [2.45, 2.75) is 33.6 Å². The maximum absolute atomic E-state index is 11.8. The summed E-state index contributed by atoms with van der Waals surface area (Å²) in [6.45, 7) is 6.36. The fourth-order valence-electron chi connectivity index (χ4n) is 1.62. The number of nitrogens with one attached hydrogen (secondary N) is 1. The van der Waals surface area contributed by atoms with Crippen molar-refractivity contribution < 1.29 is 9.59 Å². The third-order valence-electron chi connectivity index (χ3n) is 2.36. The van der Waals surface area contributed by atoms with Crippen LogP contribution in [0.15, 0.2) is 0 Å². The monoisotopic (exact) mass is 183 g/mol. The van der Waals surface area contributed by atoms with Gasteiger partial charge in [-0.2, -0.15) is 0 Å². The van der Waals surface area contributed by atoms with Crippen LogP contribution < -0.4 is 5.32 Å². The Bertz CT molecular complexity index is 228. The van der Waals surface area contributed by atoms with E-state index in [9.17, 15) is 9.59 Å². The molecule has 0 aromatic carbocycles. The zero-order chi connectivity index (χ0) is 10.1. The third kappa shape index (κ3) is 2.54. The number of carbonyl (C=O) groups is 2. The lowest BCUT2D eigenvalue weighted by Gasteiger charge is -2.27. The Hall–Kier alpha value is -0.860. The van der Waals surface area contributed by atoms with E-state index in [1.807, 2.05) is 20.8 Å². The van der Waals surface area contributed by atoms with Crippen LogP contribution in [0.1, 0.15) is 33.6 Å². The molecule has 3 nitrogen and oxygen atoms in total. The summed E-state index contributed by atoms with van der Waals surface area (Å²) in [4.78, 5) is 22.8. The Morgan fingerprint density at radius 1 is 1.46 bits per heavy atom. The molecule has 1 unspecified atom stereocenters. The molecule has 1 aliphatic rings. The quantitative estimate of drug-likeness (QED) is 0.662. The molecule has 1 saturated heterocycles. The Kier molecular flexibility index (Phi) is 2.74. The molecule has 1 heterocycles. The first-order valence-electron chi connectivity index (χ1n) is 4.72. The number of amides is 1. The van der Waals surface area contributed by atoms with Gasteiger partial charge < -0.3 is 5.32 Å². The fourth-order valence-corrected chi connectivity index (χ4v) is 1.62. The Balaban J connectivity index is 2.62.